The molecule has 5 nitrogen and oxygen atoms in total. The number of hydrogen-bond donors (Lipinski definition) is 0. The predicted molar refractivity (Wildman–Crippen MR) is 201 cm³/mol. The summed E-state index contributed by atoms with van der Waals surface area (Å²) in [5.74, 6) is 1.58. The zero-order chi connectivity index (χ0) is 33.8. The molecule has 260 valence electrons. The molecule has 0 aliphatic carbocycles. The van der Waals surface area contributed by atoms with Crippen molar-refractivity contribution in [3.8, 4) is 0 Å². The van der Waals surface area contributed by atoms with E-state index in [1.54, 1.807) is 0 Å². The van der Waals surface area contributed by atoms with Crippen molar-refractivity contribution in [1.29, 1.82) is 0 Å². The number of rotatable bonds is 10. The maximum Gasteiger partial charge on any atom is 0.0367 e. The number of likely N-dealkylation sites (tertiary alicyclic amines) is 3. The Bertz CT molecular complexity index is 1310. The van der Waals surface area contributed by atoms with Crippen molar-refractivity contribution < 1.29 is 0 Å². The third kappa shape index (κ3) is 7.95. The molecule has 0 unspecified atom stereocenters. The van der Waals surface area contributed by atoms with Crippen LogP contribution in [0.1, 0.15) is 105 Å². The lowest BCUT2D eigenvalue weighted by atomic mass is 9.76. The summed E-state index contributed by atoms with van der Waals surface area (Å²) in [6.45, 7) is 37.1. The highest BCUT2D eigenvalue weighted by Crippen LogP contribution is 2.37. The first kappa shape index (κ1) is 34.9. The summed E-state index contributed by atoms with van der Waals surface area (Å²) in [6.07, 6.45) is 2.45. The van der Waals surface area contributed by atoms with Crippen molar-refractivity contribution in [3.63, 3.8) is 0 Å². The average molecular weight is 642 g/mol. The summed E-state index contributed by atoms with van der Waals surface area (Å²) in [7, 11) is 0. The van der Waals surface area contributed by atoms with Crippen LogP contribution in [0, 0.1) is 5.92 Å². The topological polar surface area (TPSA) is 16.2 Å². The molecule has 47 heavy (non-hydrogen) atoms. The van der Waals surface area contributed by atoms with E-state index in [0.717, 1.165) is 25.0 Å². The zero-order valence-electron chi connectivity index (χ0n) is 31.8. The molecular weight excluding hydrogens is 574 g/mol. The fourth-order valence-corrected chi connectivity index (χ4v) is 8.35. The van der Waals surface area contributed by atoms with E-state index in [0.29, 0.717) is 11.5 Å². The third-order valence-electron chi connectivity index (χ3n) is 12.6. The van der Waals surface area contributed by atoms with Crippen LogP contribution in [0.4, 0.5) is 5.69 Å². The first-order chi connectivity index (χ1) is 22.0. The molecule has 6 rings (SSSR count). The largest absolute Gasteiger partial charge is 0.369 e. The normalized spacial score (nSPS) is 22.3. The Hall–Kier alpha value is -1.92. The van der Waals surface area contributed by atoms with Gasteiger partial charge in [-0.3, -0.25) is 14.7 Å². The Balaban J connectivity index is 0.904. The Labute approximate surface area is 288 Å². The number of hydrogen-bond acceptors (Lipinski definition) is 5. The minimum absolute atomic E-state index is 0.191. The van der Waals surface area contributed by atoms with Crippen molar-refractivity contribution >= 4 is 5.69 Å². The van der Waals surface area contributed by atoms with Gasteiger partial charge in [0.1, 0.15) is 0 Å². The van der Waals surface area contributed by atoms with Crippen LogP contribution < -0.4 is 4.90 Å². The van der Waals surface area contributed by atoms with Crippen LogP contribution in [0.15, 0.2) is 48.5 Å². The Morgan fingerprint density at radius 3 is 1.72 bits per heavy atom. The highest BCUT2D eigenvalue weighted by Gasteiger charge is 2.42. The molecule has 2 aromatic rings. The summed E-state index contributed by atoms with van der Waals surface area (Å²) < 4.78 is 0. The maximum absolute atomic E-state index is 2.76. The van der Waals surface area contributed by atoms with Crippen molar-refractivity contribution in [2.75, 3.05) is 76.9 Å². The standard InChI is InChI=1S/C42H67N5/c1-39(2,3)35-15-17-37(18-16-35)44-21-23-45(24-22-44)38-30-47(31-38)42(9,10)20-19-41(7,8)36-13-11-33(12-14-36)34-28-43(29-34)25-32-26-46(27-32)40(4,5)6/h11-18,32,34,38H,19-31H2,1-10H3. The van der Waals surface area contributed by atoms with Crippen molar-refractivity contribution in [3.05, 3.63) is 65.2 Å². The Morgan fingerprint density at radius 1 is 0.596 bits per heavy atom. The van der Waals surface area contributed by atoms with Gasteiger partial charge in [0, 0.05) is 101 Å². The minimum atomic E-state index is 0.191. The van der Waals surface area contributed by atoms with Gasteiger partial charge in [-0.15, -0.1) is 0 Å². The van der Waals surface area contributed by atoms with Gasteiger partial charge in [0.2, 0.25) is 0 Å². The Morgan fingerprint density at radius 2 is 1.17 bits per heavy atom. The third-order valence-corrected chi connectivity index (χ3v) is 12.6. The summed E-state index contributed by atoms with van der Waals surface area (Å²) in [5.41, 5.74) is 6.81. The van der Waals surface area contributed by atoms with Crippen LogP contribution in [0.3, 0.4) is 0 Å². The van der Waals surface area contributed by atoms with Gasteiger partial charge >= 0.3 is 0 Å². The summed E-state index contributed by atoms with van der Waals surface area (Å²) in [4.78, 5) is 13.4. The SMILES string of the molecule is CC(C)(C)c1ccc(N2CCN(C3CN(C(C)(C)CCC(C)(C)c4ccc(C5CN(CC6CN(C(C)(C)C)C6)C5)cc4)C3)CC2)cc1. The van der Waals surface area contributed by atoms with Gasteiger partial charge in [-0.2, -0.15) is 0 Å². The fourth-order valence-electron chi connectivity index (χ4n) is 8.35. The van der Waals surface area contributed by atoms with E-state index < -0.39 is 0 Å². The van der Waals surface area contributed by atoms with Crippen LogP contribution in [0.2, 0.25) is 0 Å². The van der Waals surface area contributed by atoms with Gasteiger partial charge in [0.25, 0.3) is 0 Å². The molecule has 0 amide bonds. The number of anilines is 1. The van der Waals surface area contributed by atoms with Crippen LogP contribution >= 0.6 is 0 Å². The van der Waals surface area contributed by atoms with E-state index in [1.165, 1.54) is 94.1 Å². The molecule has 0 N–H and O–H groups in total. The first-order valence-corrected chi connectivity index (χ1v) is 18.9. The van der Waals surface area contributed by atoms with Gasteiger partial charge in [0.15, 0.2) is 0 Å². The van der Waals surface area contributed by atoms with Crippen molar-refractivity contribution in [2.24, 2.45) is 5.92 Å². The second-order valence-corrected chi connectivity index (χ2v) is 19.1. The molecule has 0 atom stereocenters. The molecule has 0 saturated carbocycles. The minimum Gasteiger partial charge on any atom is -0.369 e. The molecule has 0 spiro atoms. The second-order valence-electron chi connectivity index (χ2n) is 19.1. The van der Waals surface area contributed by atoms with E-state index in [2.05, 4.69) is 142 Å². The van der Waals surface area contributed by atoms with Crippen LogP contribution in [-0.4, -0.2) is 109 Å². The molecule has 5 heteroatoms. The highest BCUT2D eigenvalue weighted by atomic mass is 15.4. The van der Waals surface area contributed by atoms with E-state index in [1.807, 2.05) is 0 Å². The lowest BCUT2D eigenvalue weighted by molar-refractivity contribution is -0.0363. The molecule has 0 bridgehead atoms. The molecule has 4 saturated heterocycles. The Kier molecular flexibility index (Phi) is 9.72. The smallest absolute Gasteiger partial charge is 0.0367 e. The van der Waals surface area contributed by atoms with Gasteiger partial charge in [0.05, 0.1) is 0 Å². The van der Waals surface area contributed by atoms with Crippen molar-refractivity contribution in [1.82, 2.24) is 19.6 Å². The van der Waals surface area contributed by atoms with Crippen LogP contribution in [0.25, 0.3) is 0 Å². The van der Waals surface area contributed by atoms with Gasteiger partial charge in [-0.25, -0.2) is 0 Å². The van der Waals surface area contributed by atoms with Crippen LogP contribution in [-0.2, 0) is 10.8 Å². The summed E-state index contributed by atoms with van der Waals surface area (Å²) >= 11 is 0. The molecular formula is C42H67N5. The van der Waals surface area contributed by atoms with Crippen LogP contribution in [0.5, 0.6) is 0 Å². The second kappa shape index (κ2) is 13.1. The number of benzene rings is 2. The molecule has 4 heterocycles. The molecule has 4 aliphatic heterocycles. The van der Waals surface area contributed by atoms with Crippen molar-refractivity contribution in [2.45, 2.75) is 116 Å². The summed E-state index contributed by atoms with van der Waals surface area (Å²) in [6, 6.07) is 19.8. The molecule has 4 aliphatic rings. The fraction of sp³-hybridized carbons (Fsp3) is 0.714. The lowest BCUT2D eigenvalue weighted by Gasteiger charge is -2.54. The molecule has 2 aromatic carbocycles. The predicted octanol–water partition coefficient (Wildman–Crippen LogP) is 7.46. The summed E-state index contributed by atoms with van der Waals surface area (Å²) in [5, 5.41) is 0. The lowest BCUT2D eigenvalue weighted by Crippen LogP contribution is -2.67. The van der Waals surface area contributed by atoms with E-state index >= 15 is 0 Å². The average Bonchev–Trinajstić information content (AvgIpc) is 2.93. The maximum atomic E-state index is 2.76. The molecule has 0 aromatic heterocycles. The molecule has 0 radical (unpaired) electrons. The van der Waals surface area contributed by atoms with Gasteiger partial charge in [-0.05, 0) is 93.0 Å². The quantitative estimate of drug-likeness (QED) is 0.267. The van der Waals surface area contributed by atoms with E-state index in [4.69, 9.17) is 0 Å². The zero-order valence-corrected chi connectivity index (χ0v) is 31.8. The molecule has 4 fully saturated rings. The van der Waals surface area contributed by atoms with Gasteiger partial charge < -0.3 is 9.80 Å². The van der Waals surface area contributed by atoms with E-state index in [9.17, 15) is 0 Å². The first-order valence-electron chi connectivity index (χ1n) is 18.9. The number of nitrogens with zero attached hydrogens (tertiary/aromatic N) is 5. The highest BCUT2D eigenvalue weighted by molar-refractivity contribution is 5.49. The van der Waals surface area contributed by atoms with E-state index in [-0.39, 0.29) is 16.4 Å². The van der Waals surface area contributed by atoms with Gasteiger partial charge in [-0.1, -0.05) is 71.0 Å². The monoisotopic (exact) mass is 642 g/mol. The number of piperazine rings is 1.